The second kappa shape index (κ2) is 8.23. The van der Waals surface area contributed by atoms with Gasteiger partial charge in [-0.3, -0.25) is 9.59 Å². The number of carbonyl (C=O) groups excluding carboxylic acids is 2. The van der Waals surface area contributed by atoms with Crippen LogP contribution in [0.4, 0.5) is 25.3 Å². The van der Waals surface area contributed by atoms with E-state index < -0.39 is 23.4 Å². The van der Waals surface area contributed by atoms with Gasteiger partial charge < -0.3 is 21.1 Å². The third-order valence-electron chi connectivity index (χ3n) is 3.98. The van der Waals surface area contributed by atoms with Crippen LogP contribution in [0, 0.1) is 18.6 Å². The molecule has 0 radical (unpaired) electrons. The van der Waals surface area contributed by atoms with E-state index in [1.165, 1.54) is 31.5 Å². The van der Waals surface area contributed by atoms with Crippen molar-refractivity contribution in [2.45, 2.75) is 6.92 Å². The number of thiazole rings is 1. The van der Waals surface area contributed by atoms with E-state index in [-0.39, 0.29) is 32.7 Å². The Bertz CT molecular complexity index is 1100. The fourth-order valence-corrected chi connectivity index (χ4v) is 3.05. The predicted octanol–water partition coefficient (Wildman–Crippen LogP) is 3.83. The maximum Gasteiger partial charge on any atom is 0.267 e. The zero-order chi connectivity index (χ0) is 21.1. The van der Waals surface area contributed by atoms with E-state index in [1.807, 2.05) is 0 Å². The van der Waals surface area contributed by atoms with Crippen LogP contribution in [0.2, 0.25) is 0 Å². The normalized spacial score (nSPS) is 10.5. The van der Waals surface area contributed by atoms with Crippen molar-refractivity contribution in [1.29, 1.82) is 0 Å². The molecule has 0 aliphatic heterocycles. The van der Waals surface area contributed by atoms with Crippen molar-refractivity contribution in [3.05, 3.63) is 64.2 Å². The lowest BCUT2D eigenvalue weighted by Gasteiger charge is -2.12. The highest BCUT2D eigenvalue weighted by molar-refractivity contribution is 7.17. The van der Waals surface area contributed by atoms with Crippen LogP contribution < -0.4 is 21.1 Å². The van der Waals surface area contributed by atoms with E-state index in [1.54, 1.807) is 6.92 Å². The Balaban J connectivity index is 1.84. The third kappa shape index (κ3) is 4.49. The van der Waals surface area contributed by atoms with E-state index >= 15 is 0 Å². The molecule has 29 heavy (non-hydrogen) atoms. The summed E-state index contributed by atoms with van der Waals surface area (Å²) in [6, 6.07) is 6.14. The standard InChI is InChI=1S/C19H16F2N4O3S/c1-9-5-12(20)11(7-15(9)25-18(27)16-8-23-19(22)29-16)17(26)24-14-4-3-10(28-2)6-13(14)21/h3-8H,1-2H3,(H2,22,23)(H,24,26)(H,25,27). The first-order valence-electron chi connectivity index (χ1n) is 8.26. The van der Waals surface area contributed by atoms with Gasteiger partial charge in [0.05, 0.1) is 24.6 Å². The van der Waals surface area contributed by atoms with Crippen LogP contribution in [0.25, 0.3) is 0 Å². The molecule has 3 rings (SSSR count). The molecule has 4 N–H and O–H groups in total. The summed E-state index contributed by atoms with van der Waals surface area (Å²) >= 11 is 0.990. The summed E-state index contributed by atoms with van der Waals surface area (Å²) in [5, 5.41) is 5.13. The number of nitrogen functional groups attached to an aromatic ring is 1. The molecule has 0 saturated carbocycles. The number of hydrogen-bond acceptors (Lipinski definition) is 6. The quantitative estimate of drug-likeness (QED) is 0.584. The average Bonchev–Trinajstić information content (AvgIpc) is 3.11. The van der Waals surface area contributed by atoms with E-state index in [4.69, 9.17) is 10.5 Å². The number of aryl methyl sites for hydroxylation is 1. The number of nitrogens with zero attached hydrogens (tertiary/aromatic N) is 1. The Labute approximate surface area is 168 Å². The molecule has 1 heterocycles. The molecular weight excluding hydrogens is 402 g/mol. The van der Waals surface area contributed by atoms with E-state index in [0.717, 1.165) is 23.5 Å². The highest BCUT2D eigenvalue weighted by Crippen LogP contribution is 2.25. The van der Waals surface area contributed by atoms with Crippen molar-refractivity contribution in [3.8, 4) is 5.75 Å². The summed E-state index contributed by atoms with van der Waals surface area (Å²) in [4.78, 5) is 28.8. The van der Waals surface area contributed by atoms with Gasteiger partial charge in [0, 0.05) is 11.8 Å². The number of halogens is 2. The summed E-state index contributed by atoms with van der Waals surface area (Å²) in [5.74, 6) is -2.64. The minimum absolute atomic E-state index is 0.138. The number of ether oxygens (including phenoxy) is 1. The number of amides is 2. The number of rotatable bonds is 5. The number of methoxy groups -OCH3 is 1. The maximum absolute atomic E-state index is 14.4. The van der Waals surface area contributed by atoms with Gasteiger partial charge in [0.2, 0.25) is 0 Å². The van der Waals surface area contributed by atoms with Crippen LogP contribution in [-0.2, 0) is 0 Å². The van der Waals surface area contributed by atoms with Crippen molar-refractivity contribution >= 4 is 39.7 Å². The number of hydrogen-bond donors (Lipinski definition) is 3. The van der Waals surface area contributed by atoms with Gasteiger partial charge in [-0.25, -0.2) is 13.8 Å². The molecular formula is C19H16F2N4O3S. The lowest BCUT2D eigenvalue weighted by molar-refractivity contribution is 0.101. The Morgan fingerprint density at radius 3 is 2.41 bits per heavy atom. The SMILES string of the molecule is COc1ccc(NC(=O)c2cc(NC(=O)c3cnc(N)s3)c(C)cc2F)c(F)c1. The molecule has 0 atom stereocenters. The van der Waals surface area contributed by atoms with Gasteiger partial charge >= 0.3 is 0 Å². The molecule has 0 aliphatic carbocycles. The first kappa shape index (κ1) is 20.2. The fourth-order valence-electron chi connectivity index (χ4n) is 2.47. The minimum Gasteiger partial charge on any atom is -0.497 e. The topological polar surface area (TPSA) is 106 Å². The molecule has 3 aromatic rings. The molecule has 0 bridgehead atoms. The van der Waals surface area contributed by atoms with Crippen LogP contribution in [0.15, 0.2) is 36.5 Å². The lowest BCUT2D eigenvalue weighted by Crippen LogP contribution is -2.17. The zero-order valence-corrected chi connectivity index (χ0v) is 16.2. The highest BCUT2D eigenvalue weighted by Gasteiger charge is 2.18. The molecule has 7 nitrogen and oxygen atoms in total. The van der Waals surface area contributed by atoms with Crippen LogP contribution in [0.3, 0.4) is 0 Å². The minimum atomic E-state index is -0.871. The molecule has 0 aliphatic rings. The van der Waals surface area contributed by atoms with Crippen molar-refractivity contribution in [2.24, 2.45) is 0 Å². The van der Waals surface area contributed by atoms with Crippen LogP contribution in [0.1, 0.15) is 25.6 Å². The number of carbonyl (C=O) groups is 2. The molecule has 0 unspecified atom stereocenters. The van der Waals surface area contributed by atoms with Gasteiger partial charge in [-0.15, -0.1) is 0 Å². The van der Waals surface area contributed by atoms with E-state index in [9.17, 15) is 18.4 Å². The molecule has 2 aromatic carbocycles. The molecule has 1 aromatic heterocycles. The highest BCUT2D eigenvalue weighted by atomic mass is 32.1. The van der Waals surface area contributed by atoms with Crippen molar-refractivity contribution < 1.29 is 23.1 Å². The molecule has 2 amide bonds. The number of aromatic nitrogens is 1. The summed E-state index contributed by atoms with van der Waals surface area (Å²) in [5.41, 5.74) is 5.65. The summed E-state index contributed by atoms with van der Waals surface area (Å²) in [6.45, 7) is 1.57. The van der Waals surface area contributed by atoms with Crippen molar-refractivity contribution in [1.82, 2.24) is 4.98 Å². The van der Waals surface area contributed by atoms with E-state index in [0.29, 0.717) is 5.56 Å². The molecule has 0 fully saturated rings. The van der Waals surface area contributed by atoms with E-state index in [2.05, 4.69) is 15.6 Å². The molecule has 0 spiro atoms. The van der Waals surface area contributed by atoms with Crippen LogP contribution in [0.5, 0.6) is 5.75 Å². The van der Waals surface area contributed by atoms with Gasteiger partial charge in [0.15, 0.2) is 5.13 Å². The maximum atomic E-state index is 14.4. The Morgan fingerprint density at radius 2 is 1.79 bits per heavy atom. The Morgan fingerprint density at radius 1 is 1.07 bits per heavy atom. The summed E-state index contributed by atoms with van der Waals surface area (Å²) < 4.78 is 33.3. The van der Waals surface area contributed by atoms with Crippen molar-refractivity contribution in [2.75, 3.05) is 23.5 Å². The third-order valence-corrected chi connectivity index (χ3v) is 4.80. The Kier molecular flexibility index (Phi) is 5.74. The average molecular weight is 418 g/mol. The smallest absolute Gasteiger partial charge is 0.267 e. The fraction of sp³-hybridized carbons (Fsp3) is 0.105. The van der Waals surface area contributed by atoms with Gasteiger partial charge in [0.1, 0.15) is 22.3 Å². The predicted molar refractivity (Wildman–Crippen MR) is 107 cm³/mol. The number of nitrogens with two attached hydrogens (primary N) is 1. The second-order valence-corrected chi connectivity index (χ2v) is 7.03. The van der Waals surface area contributed by atoms with Gasteiger partial charge in [0.25, 0.3) is 11.8 Å². The largest absolute Gasteiger partial charge is 0.497 e. The molecule has 10 heteroatoms. The second-order valence-electron chi connectivity index (χ2n) is 5.96. The number of benzene rings is 2. The first-order chi connectivity index (χ1) is 13.8. The summed E-state index contributed by atoms with van der Waals surface area (Å²) in [6.07, 6.45) is 1.31. The van der Waals surface area contributed by atoms with Gasteiger partial charge in [-0.05, 0) is 36.8 Å². The van der Waals surface area contributed by atoms with Crippen LogP contribution >= 0.6 is 11.3 Å². The zero-order valence-electron chi connectivity index (χ0n) is 15.4. The first-order valence-corrected chi connectivity index (χ1v) is 9.08. The monoisotopic (exact) mass is 418 g/mol. The lowest BCUT2D eigenvalue weighted by atomic mass is 10.1. The Hall–Kier alpha value is -3.53. The van der Waals surface area contributed by atoms with Gasteiger partial charge in [-0.2, -0.15) is 0 Å². The molecule has 150 valence electrons. The number of nitrogens with one attached hydrogen (secondary N) is 2. The molecule has 0 saturated heterocycles. The number of anilines is 3. The van der Waals surface area contributed by atoms with Crippen LogP contribution in [-0.4, -0.2) is 23.9 Å². The summed E-state index contributed by atoms with van der Waals surface area (Å²) in [7, 11) is 1.38. The van der Waals surface area contributed by atoms with Crippen molar-refractivity contribution in [3.63, 3.8) is 0 Å². The van der Waals surface area contributed by atoms with Gasteiger partial charge in [-0.1, -0.05) is 11.3 Å².